The maximum atomic E-state index is 11.7. The first-order valence-corrected chi connectivity index (χ1v) is 11.0. The molecule has 0 bridgehead atoms. The van der Waals surface area contributed by atoms with Crippen LogP contribution in [-0.4, -0.2) is 26.2 Å². The second-order valence-electron chi connectivity index (χ2n) is 6.08. The molecule has 0 aliphatic heterocycles. The Labute approximate surface area is 170 Å². The summed E-state index contributed by atoms with van der Waals surface area (Å²) in [7, 11) is 3.47. The lowest BCUT2D eigenvalue weighted by atomic mass is 10.1. The molecule has 0 saturated carbocycles. The van der Waals surface area contributed by atoms with Crippen molar-refractivity contribution in [3.05, 3.63) is 46.8 Å². The second kappa shape index (κ2) is 11.4. The van der Waals surface area contributed by atoms with Crippen LogP contribution in [0.3, 0.4) is 0 Å². The Morgan fingerprint density at radius 1 is 1.18 bits per heavy atom. The summed E-state index contributed by atoms with van der Waals surface area (Å²) in [5, 5.41) is 22.9. The highest BCUT2D eigenvalue weighted by molar-refractivity contribution is 8.76. The Kier molecular flexibility index (Phi) is 8.93. The van der Waals surface area contributed by atoms with Crippen molar-refractivity contribution in [2.24, 2.45) is 5.11 Å². The zero-order valence-electron chi connectivity index (χ0n) is 15.4. The number of benzene rings is 1. The van der Waals surface area contributed by atoms with Crippen LogP contribution in [-0.2, 0) is 4.79 Å². The van der Waals surface area contributed by atoms with Gasteiger partial charge in [-0.25, -0.2) is 4.79 Å². The van der Waals surface area contributed by atoms with Gasteiger partial charge in [0.25, 0.3) is 0 Å². The largest absolute Gasteiger partial charge is 0.492 e. The molecule has 2 N–H and O–H groups in total. The molecule has 10 heteroatoms. The fourth-order valence-electron chi connectivity index (χ4n) is 2.33. The molecular formula is C18H22N4O4S2. The van der Waals surface area contributed by atoms with E-state index in [4.69, 9.17) is 10.4 Å². The van der Waals surface area contributed by atoms with Crippen LogP contribution in [0.1, 0.15) is 39.0 Å². The number of carbonyl (C=O) groups is 1. The van der Waals surface area contributed by atoms with Gasteiger partial charge >= 0.3 is 5.97 Å². The lowest BCUT2D eigenvalue weighted by Gasteiger charge is -2.10. The van der Waals surface area contributed by atoms with Crippen molar-refractivity contribution in [3.8, 4) is 11.8 Å². The summed E-state index contributed by atoms with van der Waals surface area (Å²) >= 11 is 0. The summed E-state index contributed by atoms with van der Waals surface area (Å²) in [6.07, 6.45) is 3.84. The summed E-state index contributed by atoms with van der Waals surface area (Å²) < 4.78 is 0.706. The third-order valence-corrected chi connectivity index (χ3v) is 6.76. The number of rotatable bonds is 11. The molecular weight excluding hydrogens is 400 g/mol. The first-order valence-electron chi connectivity index (χ1n) is 8.79. The Balaban J connectivity index is 1.57. The summed E-state index contributed by atoms with van der Waals surface area (Å²) in [5.74, 6) is -1.13. The van der Waals surface area contributed by atoms with Crippen molar-refractivity contribution in [1.82, 2.24) is 4.73 Å². The lowest BCUT2D eigenvalue weighted by Crippen LogP contribution is -2.18. The third kappa shape index (κ3) is 7.30. The van der Waals surface area contributed by atoms with Crippen molar-refractivity contribution < 1.29 is 19.8 Å². The standard InChI is InChI=1S/C18H22N4O4S2/c1-13(27-28-15-9-7-14(8-10-15)20-21-19)5-3-2-4-6-18(25)26-22-16(23)11-12-17(22)24/h7-13,23-24H,2-6H2,1H3. The van der Waals surface area contributed by atoms with E-state index >= 15 is 0 Å². The van der Waals surface area contributed by atoms with Gasteiger partial charge in [-0.05, 0) is 30.5 Å². The zero-order valence-corrected chi connectivity index (χ0v) is 17.0. The first kappa shape index (κ1) is 21.9. The highest BCUT2D eigenvalue weighted by Crippen LogP contribution is 2.36. The van der Waals surface area contributed by atoms with E-state index in [1.165, 1.54) is 12.1 Å². The van der Waals surface area contributed by atoms with Gasteiger partial charge < -0.3 is 15.1 Å². The van der Waals surface area contributed by atoms with E-state index in [-0.39, 0.29) is 18.2 Å². The molecule has 0 amide bonds. The molecule has 150 valence electrons. The Morgan fingerprint density at radius 3 is 2.50 bits per heavy atom. The number of nitrogens with zero attached hydrogens (tertiary/aromatic N) is 4. The third-order valence-electron chi connectivity index (χ3n) is 3.79. The number of carbonyl (C=O) groups excluding carboxylic acids is 1. The van der Waals surface area contributed by atoms with Crippen molar-refractivity contribution >= 4 is 33.2 Å². The van der Waals surface area contributed by atoms with Crippen LogP contribution in [0.4, 0.5) is 5.69 Å². The molecule has 8 nitrogen and oxygen atoms in total. The molecule has 1 aromatic carbocycles. The van der Waals surface area contributed by atoms with Gasteiger partial charge in [-0.1, -0.05) is 58.6 Å². The van der Waals surface area contributed by atoms with Crippen molar-refractivity contribution in [2.75, 3.05) is 0 Å². The van der Waals surface area contributed by atoms with Crippen LogP contribution < -0.4 is 4.84 Å². The molecule has 1 aromatic heterocycles. The SMILES string of the molecule is CC(CCCCCC(=O)On1c(O)ccc1O)SSc1ccc(N=[N+]=[N-])cc1. The zero-order chi connectivity index (χ0) is 20.4. The summed E-state index contributed by atoms with van der Waals surface area (Å²) in [5.41, 5.74) is 9.00. The maximum absolute atomic E-state index is 11.7. The van der Waals surface area contributed by atoms with Gasteiger partial charge in [0.2, 0.25) is 11.8 Å². The number of azide groups is 1. The van der Waals surface area contributed by atoms with Crippen molar-refractivity contribution in [1.29, 1.82) is 0 Å². The molecule has 1 heterocycles. The van der Waals surface area contributed by atoms with Gasteiger partial charge in [0.15, 0.2) is 0 Å². The van der Waals surface area contributed by atoms with E-state index in [1.54, 1.807) is 33.7 Å². The fourth-order valence-corrected chi connectivity index (χ4v) is 4.56. The minimum atomic E-state index is -0.496. The van der Waals surface area contributed by atoms with E-state index < -0.39 is 5.97 Å². The van der Waals surface area contributed by atoms with E-state index in [0.29, 0.717) is 22.1 Å². The molecule has 0 spiro atoms. The van der Waals surface area contributed by atoms with Crippen molar-refractivity contribution in [3.63, 3.8) is 0 Å². The normalized spacial score (nSPS) is 11.6. The Bertz CT molecular complexity index is 800. The molecule has 2 aromatic rings. The highest BCUT2D eigenvalue weighted by atomic mass is 33.1. The number of unbranched alkanes of at least 4 members (excludes halogenated alkanes) is 2. The minimum absolute atomic E-state index is 0.227. The molecule has 0 radical (unpaired) electrons. The van der Waals surface area contributed by atoms with Gasteiger partial charge in [-0.15, -0.1) is 4.73 Å². The average molecular weight is 423 g/mol. The Hall–Kier alpha value is -2.42. The van der Waals surface area contributed by atoms with E-state index in [0.717, 1.165) is 24.2 Å². The number of hydrogen-bond acceptors (Lipinski definition) is 7. The van der Waals surface area contributed by atoms with E-state index in [9.17, 15) is 15.0 Å². The number of aromatic nitrogens is 1. The van der Waals surface area contributed by atoms with Crippen molar-refractivity contribution in [2.45, 2.75) is 49.2 Å². The highest BCUT2D eigenvalue weighted by Gasteiger charge is 2.12. The molecule has 0 saturated heterocycles. The maximum Gasteiger partial charge on any atom is 0.333 e. The predicted molar refractivity (Wildman–Crippen MR) is 111 cm³/mol. The van der Waals surface area contributed by atoms with Gasteiger partial charge in [-0.2, -0.15) is 0 Å². The fraction of sp³-hybridized carbons (Fsp3) is 0.389. The molecule has 0 aliphatic carbocycles. The predicted octanol–water partition coefficient (Wildman–Crippen LogP) is 5.58. The summed E-state index contributed by atoms with van der Waals surface area (Å²) in [6, 6.07) is 9.93. The molecule has 0 fully saturated rings. The van der Waals surface area contributed by atoms with E-state index in [2.05, 4.69) is 16.9 Å². The van der Waals surface area contributed by atoms with Gasteiger partial charge in [-0.3, -0.25) is 0 Å². The minimum Gasteiger partial charge on any atom is -0.492 e. The smallest absolute Gasteiger partial charge is 0.333 e. The number of hydrogen-bond donors (Lipinski definition) is 2. The summed E-state index contributed by atoms with van der Waals surface area (Å²) in [6.45, 7) is 2.16. The van der Waals surface area contributed by atoms with Gasteiger partial charge in [0.05, 0.1) is 0 Å². The molecule has 28 heavy (non-hydrogen) atoms. The van der Waals surface area contributed by atoms with Gasteiger partial charge in [0.1, 0.15) is 0 Å². The second-order valence-corrected chi connectivity index (χ2v) is 8.79. The van der Waals surface area contributed by atoms with Crippen LogP contribution in [0.15, 0.2) is 46.4 Å². The Morgan fingerprint density at radius 2 is 1.86 bits per heavy atom. The van der Waals surface area contributed by atoms with E-state index in [1.807, 2.05) is 12.1 Å². The first-order chi connectivity index (χ1) is 13.5. The average Bonchev–Trinajstić information content (AvgIpc) is 2.99. The summed E-state index contributed by atoms with van der Waals surface area (Å²) in [4.78, 5) is 20.5. The van der Waals surface area contributed by atoms with Crippen LogP contribution in [0.25, 0.3) is 10.4 Å². The van der Waals surface area contributed by atoms with Crippen LogP contribution >= 0.6 is 21.6 Å². The van der Waals surface area contributed by atoms with Crippen LogP contribution in [0.5, 0.6) is 11.8 Å². The monoisotopic (exact) mass is 422 g/mol. The molecule has 0 aliphatic rings. The molecule has 1 atom stereocenters. The molecule has 1 unspecified atom stereocenters. The lowest BCUT2D eigenvalue weighted by molar-refractivity contribution is -0.145. The quantitative estimate of drug-likeness (QED) is 0.160. The topological polar surface area (TPSA) is 120 Å². The molecule has 2 rings (SSSR count). The van der Waals surface area contributed by atoms with Crippen LogP contribution in [0, 0.1) is 0 Å². The van der Waals surface area contributed by atoms with Crippen LogP contribution in [0.2, 0.25) is 0 Å². The van der Waals surface area contributed by atoms with Gasteiger partial charge in [0, 0.05) is 39.3 Å². The number of aromatic hydroxyl groups is 2.